The van der Waals surface area contributed by atoms with E-state index in [1.807, 2.05) is 0 Å². The van der Waals surface area contributed by atoms with Gasteiger partial charge in [-0.15, -0.1) is 0 Å². The predicted molar refractivity (Wildman–Crippen MR) is 56.5 cm³/mol. The number of hydrogen-bond acceptors (Lipinski definition) is 4. The minimum Gasteiger partial charge on any atom is -0.395 e. The van der Waals surface area contributed by atoms with E-state index >= 15 is 0 Å². The van der Waals surface area contributed by atoms with E-state index in [-0.39, 0.29) is 18.3 Å². The van der Waals surface area contributed by atoms with Crippen LogP contribution in [0.3, 0.4) is 0 Å². The summed E-state index contributed by atoms with van der Waals surface area (Å²) in [4.78, 5) is 9.95. The van der Waals surface area contributed by atoms with Gasteiger partial charge in [-0.1, -0.05) is 12.1 Å². The first kappa shape index (κ1) is 11.6. The Bertz CT molecular complexity index is 324. The summed E-state index contributed by atoms with van der Waals surface area (Å²) in [5, 5.41) is 19.1. The Morgan fingerprint density at radius 1 is 1.40 bits per heavy atom. The Kier molecular flexibility index (Phi) is 4.20. The van der Waals surface area contributed by atoms with Gasteiger partial charge in [0, 0.05) is 18.2 Å². The van der Waals surface area contributed by atoms with E-state index in [1.165, 1.54) is 12.1 Å². The number of hydrogen-bond donors (Lipinski definition) is 2. The lowest BCUT2D eigenvalue weighted by atomic mass is 10.1. The van der Waals surface area contributed by atoms with Gasteiger partial charge in [-0.3, -0.25) is 10.1 Å². The number of aryl methyl sites for hydroxylation is 1. The third kappa shape index (κ3) is 3.65. The number of nitro benzene ring substituents is 1. The van der Waals surface area contributed by atoms with Gasteiger partial charge >= 0.3 is 0 Å². The van der Waals surface area contributed by atoms with Crippen LogP contribution < -0.4 is 5.73 Å². The first-order valence-electron chi connectivity index (χ1n) is 4.73. The van der Waals surface area contributed by atoms with E-state index in [4.69, 9.17) is 10.8 Å². The lowest BCUT2D eigenvalue weighted by Gasteiger charge is -2.06. The van der Waals surface area contributed by atoms with Gasteiger partial charge in [-0.2, -0.15) is 0 Å². The zero-order chi connectivity index (χ0) is 11.3. The first-order chi connectivity index (χ1) is 7.13. The second-order valence-electron chi connectivity index (χ2n) is 3.40. The van der Waals surface area contributed by atoms with Crippen molar-refractivity contribution in [1.29, 1.82) is 0 Å². The van der Waals surface area contributed by atoms with Crippen molar-refractivity contribution in [3.8, 4) is 0 Å². The van der Waals surface area contributed by atoms with Crippen molar-refractivity contribution in [2.45, 2.75) is 18.9 Å². The monoisotopic (exact) mass is 210 g/mol. The molecule has 0 aromatic heterocycles. The highest BCUT2D eigenvalue weighted by Crippen LogP contribution is 2.13. The van der Waals surface area contributed by atoms with Gasteiger partial charge in [0.25, 0.3) is 5.69 Å². The highest BCUT2D eigenvalue weighted by atomic mass is 16.6. The molecule has 0 aliphatic rings. The molecule has 0 heterocycles. The molecule has 0 bridgehead atoms. The summed E-state index contributed by atoms with van der Waals surface area (Å²) in [6, 6.07) is 6.14. The first-order valence-corrected chi connectivity index (χ1v) is 4.73. The van der Waals surface area contributed by atoms with Crippen LogP contribution in [0.2, 0.25) is 0 Å². The SMILES string of the molecule is NC(CO)CCc1ccc([N+](=O)[O-])cc1. The molecule has 0 amide bonds. The molecular formula is C10H14N2O3. The highest BCUT2D eigenvalue weighted by Gasteiger charge is 2.05. The molecule has 0 radical (unpaired) electrons. The molecule has 1 unspecified atom stereocenters. The van der Waals surface area contributed by atoms with Gasteiger partial charge in [-0.25, -0.2) is 0 Å². The highest BCUT2D eigenvalue weighted by molar-refractivity contribution is 5.32. The zero-order valence-corrected chi connectivity index (χ0v) is 8.30. The standard InChI is InChI=1S/C10H14N2O3/c11-9(7-13)4-1-8-2-5-10(6-3-8)12(14)15/h2-3,5-6,9,13H,1,4,7,11H2. The molecule has 0 fully saturated rings. The Morgan fingerprint density at radius 3 is 2.47 bits per heavy atom. The van der Waals surface area contributed by atoms with E-state index in [0.717, 1.165) is 12.0 Å². The van der Waals surface area contributed by atoms with Crippen LogP contribution in [-0.4, -0.2) is 22.7 Å². The molecule has 5 heteroatoms. The zero-order valence-electron chi connectivity index (χ0n) is 8.30. The summed E-state index contributed by atoms with van der Waals surface area (Å²) in [5.74, 6) is 0. The fourth-order valence-electron chi connectivity index (χ4n) is 1.23. The van der Waals surface area contributed by atoms with Crippen LogP contribution in [0.25, 0.3) is 0 Å². The lowest BCUT2D eigenvalue weighted by molar-refractivity contribution is -0.384. The topological polar surface area (TPSA) is 89.4 Å². The van der Waals surface area contributed by atoms with E-state index in [1.54, 1.807) is 12.1 Å². The second-order valence-corrected chi connectivity index (χ2v) is 3.40. The lowest BCUT2D eigenvalue weighted by Crippen LogP contribution is -2.24. The molecule has 82 valence electrons. The number of nitro groups is 1. The minimum absolute atomic E-state index is 0.0347. The molecule has 1 aromatic rings. The molecule has 0 aliphatic carbocycles. The van der Waals surface area contributed by atoms with E-state index in [9.17, 15) is 10.1 Å². The van der Waals surface area contributed by atoms with Crippen molar-refractivity contribution in [1.82, 2.24) is 0 Å². The average Bonchev–Trinajstić information content (AvgIpc) is 2.26. The van der Waals surface area contributed by atoms with Crippen LogP contribution >= 0.6 is 0 Å². The van der Waals surface area contributed by atoms with Crippen LogP contribution in [0.1, 0.15) is 12.0 Å². The quantitative estimate of drug-likeness (QED) is 0.556. The summed E-state index contributed by atoms with van der Waals surface area (Å²) < 4.78 is 0. The van der Waals surface area contributed by atoms with Crippen molar-refractivity contribution < 1.29 is 10.0 Å². The van der Waals surface area contributed by atoms with Gasteiger partial charge in [0.15, 0.2) is 0 Å². The Labute approximate surface area is 87.7 Å². The number of rotatable bonds is 5. The van der Waals surface area contributed by atoms with Crippen LogP contribution in [0.5, 0.6) is 0 Å². The molecule has 1 atom stereocenters. The number of aliphatic hydroxyl groups excluding tert-OH is 1. The maximum atomic E-state index is 10.4. The summed E-state index contributed by atoms with van der Waals surface area (Å²) in [5.41, 5.74) is 6.62. The van der Waals surface area contributed by atoms with Crippen LogP contribution in [0, 0.1) is 10.1 Å². The van der Waals surface area contributed by atoms with Crippen LogP contribution in [-0.2, 0) is 6.42 Å². The van der Waals surface area contributed by atoms with Gasteiger partial charge < -0.3 is 10.8 Å². The molecule has 3 N–H and O–H groups in total. The van der Waals surface area contributed by atoms with Crippen molar-refractivity contribution in [2.24, 2.45) is 5.73 Å². The summed E-state index contributed by atoms with van der Waals surface area (Å²) in [6.07, 6.45) is 1.40. The molecule has 1 rings (SSSR count). The number of aliphatic hydroxyl groups is 1. The number of benzene rings is 1. The molecule has 0 saturated carbocycles. The van der Waals surface area contributed by atoms with Crippen LogP contribution in [0.4, 0.5) is 5.69 Å². The Hall–Kier alpha value is -1.46. The fraction of sp³-hybridized carbons (Fsp3) is 0.400. The van der Waals surface area contributed by atoms with Gasteiger partial charge in [-0.05, 0) is 18.4 Å². The summed E-state index contributed by atoms with van der Waals surface area (Å²) in [6.45, 7) is -0.0347. The molecule has 1 aromatic carbocycles. The van der Waals surface area contributed by atoms with Crippen molar-refractivity contribution >= 4 is 5.69 Å². The van der Waals surface area contributed by atoms with E-state index < -0.39 is 4.92 Å². The average molecular weight is 210 g/mol. The molecule has 5 nitrogen and oxygen atoms in total. The smallest absolute Gasteiger partial charge is 0.269 e. The normalized spacial score (nSPS) is 12.4. The predicted octanol–water partition coefficient (Wildman–Crippen LogP) is 0.847. The summed E-state index contributed by atoms with van der Waals surface area (Å²) >= 11 is 0. The molecule has 0 aliphatic heterocycles. The summed E-state index contributed by atoms with van der Waals surface area (Å²) in [7, 11) is 0. The van der Waals surface area contributed by atoms with Gasteiger partial charge in [0.05, 0.1) is 11.5 Å². The molecular weight excluding hydrogens is 196 g/mol. The van der Waals surface area contributed by atoms with Crippen molar-refractivity contribution in [3.63, 3.8) is 0 Å². The molecule has 15 heavy (non-hydrogen) atoms. The molecule has 0 saturated heterocycles. The van der Waals surface area contributed by atoms with Crippen molar-refractivity contribution in [2.75, 3.05) is 6.61 Å². The number of nitrogens with two attached hydrogens (primary N) is 1. The van der Waals surface area contributed by atoms with E-state index in [0.29, 0.717) is 6.42 Å². The third-order valence-electron chi connectivity index (χ3n) is 2.19. The third-order valence-corrected chi connectivity index (χ3v) is 2.19. The Morgan fingerprint density at radius 2 is 2.00 bits per heavy atom. The molecule has 0 spiro atoms. The van der Waals surface area contributed by atoms with Gasteiger partial charge in [0.1, 0.15) is 0 Å². The number of non-ortho nitro benzene ring substituents is 1. The maximum absolute atomic E-state index is 10.4. The minimum atomic E-state index is -0.427. The maximum Gasteiger partial charge on any atom is 0.269 e. The van der Waals surface area contributed by atoms with Crippen LogP contribution in [0.15, 0.2) is 24.3 Å². The van der Waals surface area contributed by atoms with Crippen molar-refractivity contribution in [3.05, 3.63) is 39.9 Å². The largest absolute Gasteiger partial charge is 0.395 e. The van der Waals surface area contributed by atoms with Gasteiger partial charge in [0.2, 0.25) is 0 Å². The Balaban J connectivity index is 2.53. The van der Waals surface area contributed by atoms with E-state index in [2.05, 4.69) is 0 Å². The second kappa shape index (κ2) is 5.43. The fourth-order valence-corrected chi connectivity index (χ4v) is 1.23. The number of nitrogens with zero attached hydrogens (tertiary/aromatic N) is 1.